The summed E-state index contributed by atoms with van der Waals surface area (Å²) in [6.45, 7) is 5.85. The minimum absolute atomic E-state index is 0.175. The molecule has 0 unspecified atom stereocenters. The van der Waals surface area contributed by atoms with Crippen molar-refractivity contribution >= 4 is 21.6 Å². The number of hydrogen-bond acceptors (Lipinski definition) is 2. The first-order chi connectivity index (χ1) is 9.81. The standard InChI is InChI=1S/C16H18ClNO2S/c1-11-8-13(3)16(9-12(11)2)21(19,20)18-10-14-6-4-5-7-15(14)17/h4-9,18H,10H2,1-3H3. The van der Waals surface area contributed by atoms with E-state index >= 15 is 0 Å². The van der Waals surface area contributed by atoms with Crippen molar-refractivity contribution in [3.63, 3.8) is 0 Å². The van der Waals surface area contributed by atoms with Crippen LogP contribution in [0.4, 0.5) is 0 Å². The van der Waals surface area contributed by atoms with Crippen LogP contribution in [0.2, 0.25) is 5.02 Å². The van der Waals surface area contributed by atoms with Crippen LogP contribution in [0.3, 0.4) is 0 Å². The molecule has 0 aliphatic rings. The van der Waals surface area contributed by atoms with Gasteiger partial charge in [0.2, 0.25) is 10.0 Å². The van der Waals surface area contributed by atoms with Crippen LogP contribution in [0, 0.1) is 20.8 Å². The Kier molecular flexibility index (Phi) is 4.71. The third kappa shape index (κ3) is 3.64. The van der Waals surface area contributed by atoms with Gasteiger partial charge in [-0.15, -0.1) is 0 Å². The van der Waals surface area contributed by atoms with Crippen LogP contribution in [0.1, 0.15) is 22.3 Å². The number of halogens is 1. The predicted octanol–water partition coefficient (Wildman–Crippen LogP) is 3.74. The third-order valence-corrected chi connectivity index (χ3v) is 5.40. The summed E-state index contributed by atoms with van der Waals surface area (Å²) in [5, 5.41) is 0.553. The lowest BCUT2D eigenvalue weighted by Gasteiger charge is -2.12. The van der Waals surface area contributed by atoms with Gasteiger partial charge in [-0.2, -0.15) is 0 Å². The van der Waals surface area contributed by atoms with E-state index in [1.54, 1.807) is 25.1 Å². The molecule has 1 N–H and O–H groups in total. The van der Waals surface area contributed by atoms with E-state index < -0.39 is 10.0 Å². The number of sulfonamides is 1. The van der Waals surface area contributed by atoms with Crippen molar-refractivity contribution in [3.8, 4) is 0 Å². The summed E-state index contributed by atoms with van der Waals surface area (Å²) >= 11 is 6.04. The second-order valence-corrected chi connectivity index (χ2v) is 7.26. The largest absolute Gasteiger partial charge is 0.241 e. The third-order valence-electron chi connectivity index (χ3n) is 3.49. The molecule has 0 aromatic heterocycles. The minimum atomic E-state index is -3.55. The first-order valence-corrected chi connectivity index (χ1v) is 8.48. The summed E-state index contributed by atoms with van der Waals surface area (Å²) in [7, 11) is -3.55. The molecule has 0 spiro atoms. The highest BCUT2D eigenvalue weighted by molar-refractivity contribution is 7.89. The highest BCUT2D eigenvalue weighted by atomic mass is 35.5. The molecule has 3 nitrogen and oxygen atoms in total. The van der Waals surface area contributed by atoms with Gasteiger partial charge in [0.25, 0.3) is 0 Å². The van der Waals surface area contributed by atoms with Crippen LogP contribution in [0.25, 0.3) is 0 Å². The maximum absolute atomic E-state index is 12.4. The van der Waals surface area contributed by atoms with Crippen molar-refractivity contribution in [2.45, 2.75) is 32.2 Å². The molecule has 0 amide bonds. The molecule has 2 aromatic carbocycles. The molecule has 112 valence electrons. The number of benzene rings is 2. The Bertz CT molecular complexity index is 770. The first-order valence-electron chi connectivity index (χ1n) is 6.62. The molecule has 5 heteroatoms. The molecule has 0 aliphatic heterocycles. The Morgan fingerprint density at radius 1 is 1.00 bits per heavy atom. The molecule has 0 bridgehead atoms. The second kappa shape index (κ2) is 6.18. The van der Waals surface area contributed by atoms with E-state index in [1.165, 1.54) is 0 Å². The summed E-state index contributed by atoms with van der Waals surface area (Å²) in [4.78, 5) is 0.317. The van der Waals surface area contributed by atoms with Crippen molar-refractivity contribution < 1.29 is 8.42 Å². The second-order valence-electron chi connectivity index (χ2n) is 5.12. The minimum Gasteiger partial charge on any atom is -0.207 e. The zero-order valence-electron chi connectivity index (χ0n) is 12.3. The predicted molar refractivity (Wildman–Crippen MR) is 86.1 cm³/mol. The van der Waals surface area contributed by atoms with Crippen LogP contribution in [0.5, 0.6) is 0 Å². The Hall–Kier alpha value is -1.36. The topological polar surface area (TPSA) is 46.2 Å². The quantitative estimate of drug-likeness (QED) is 0.931. The van der Waals surface area contributed by atoms with E-state index in [0.717, 1.165) is 22.3 Å². The Labute approximate surface area is 131 Å². The van der Waals surface area contributed by atoms with Crippen LogP contribution in [-0.2, 0) is 16.6 Å². The molecular weight excluding hydrogens is 306 g/mol. The van der Waals surface area contributed by atoms with Gasteiger partial charge >= 0.3 is 0 Å². The van der Waals surface area contributed by atoms with Crippen LogP contribution < -0.4 is 4.72 Å². The number of rotatable bonds is 4. The maximum atomic E-state index is 12.4. The van der Waals surface area contributed by atoms with E-state index in [-0.39, 0.29) is 6.54 Å². The molecule has 2 rings (SSSR count). The summed E-state index contributed by atoms with van der Waals surface area (Å²) in [6.07, 6.45) is 0. The molecule has 0 radical (unpaired) electrons. The molecule has 0 atom stereocenters. The van der Waals surface area contributed by atoms with Crippen LogP contribution >= 0.6 is 11.6 Å². The van der Waals surface area contributed by atoms with E-state index in [4.69, 9.17) is 11.6 Å². The summed E-state index contributed by atoms with van der Waals surface area (Å²) < 4.78 is 27.5. The fourth-order valence-electron chi connectivity index (χ4n) is 2.12. The lowest BCUT2D eigenvalue weighted by molar-refractivity contribution is 0.580. The highest BCUT2D eigenvalue weighted by Gasteiger charge is 2.17. The fourth-order valence-corrected chi connectivity index (χ4v) is 3.63. The number of hydrogen-bond donors (Lipinski definition) is 1. The molecule has 2 aromatic rings. The monoisotopic (exact) mass is 323 g/mol. The highest BCUT2D eigenvalue weighted by Crippen LogP contribution is 2.21. The van der Waals surface area contributed by atoms with Gasteiger partial charge in [0.15, 0.2) is 0 Å². The van der Waals surface area contributed by atoms with E-state index in [1.807, 2.05) is 32.0 Å². The smallest absolute Gasteiger partial charge is 0.207 e. The van der Waals surface area contributed by atoms with Crippen LogP contribution in [0.15, 0.2) is 41.3 Å². The molecule has 0 saturated carbocycles. The van der Waals surface area contributed by atoms with Gasteiger partial charge in [0, 0.05) is 11.6 Å². The summed E-state index contributed by atoms with van der Waals surface area (Å²) in [5.74, 6) is 0. The van der Waals surface area contributed by atoms with E-state index in [0.29, 0.717) is 9.92 Å². The Morgan fingerprint density at radius 2 is 1.62 bits per heavy atom. The van der Waals surface area contributed by atoms with Gasteiger partial charge in [0.05, 0.1) is 4.90 Å². The van der Waals surface area contributed by atoms with Crippen molar-refractivity contribution in [3.05, 3.63) is 63.7 Å². The Morgan fingerprint density at radius 3 is 2.29 bits per heavy atom. The zero-order chi connectivity index (χ0) is 15.6. The van der Waals surface area contributed by atoms with Gasteiger partial charge in [-0.25, -0.2) is 13.1 Å². The van der Waals surface area contributed by atoms with Gasteiger partial charge in [-0.05, 0) is 55.2 Å². The normalized spacial score (nSPS) is 11.6. The average molecular weight is 324 g/mol. The molecule has 0 heterocycles. The maximum Gasteiger partial charge on any atom is 0.241 e. The lowest BCUT2D eigenvalue weighted by Crippen LogP contribution is -2.24. The van der Waals surface area contributed by atoms with E-state index in [2.05, 4.69) is 4.72 Å². The zero-order valence-corrected chi connectivity index (χ0v) is 13.8. The molecule has 0 aliphatic carbocycles. The summed E-state index contributed by atoms with van der Waals surface area (Å²) in [6, 6.07) is 10.8. The van der Waals surface area contributed by atoms with Crippen molar-refractivity contribution in [2.24, 2.45) is 0 Å². The fraction of sp³-hybridized carbons (Fsp3) is 0.250. The van der Waals surface area contributed by atoms with Crippen molar-refractivity contribution in [1.29, 1.82) is 0 Å². The average Bonchev–Trinajstić information content (AvgIpc) is 2.42. The van der Waals surface area contributed by atoms with Gasteiger partial charge < -0.3 is 0 Å². The van der Waals surface area contributed by atoms with Crippen LogP contribution in [-0.4, -0.2) is 8.42 Å². The molecule has 0 fully saturated rings. The molecular formula is C16H18ClNO2S. The molecule has 21 heavy (non-hydrogen) atoms. The first kappa shape index (κ1) is 16.0. The Balaban J connectivity index is 2.27. The van der Waals surface area contributed by atoms with Gasteiger partial charge in [-0.1, -0.05) is 35.9 Å². The molecule has 0 saturated heterocycles. The van der Waals surface area contributed by atoms with Crippen molar-refractivity contribution in [1.82, 2.24) is 4.72 Å². The van der Waals surface area contributed by atoms with E-state index in [9.17, 15) is 8.42 Å². The lowest BCUT2D eigenvalue weighted by atomic mass is 10.1. The number of nitrogens with one attached hydrogen (secondary N) is 1. The van der Waals surface area contributed by atoms with Gasteiger partial charge in [-0.3, -0.25) is 0 Å². The van der Waals surface area contributed by atoms with Crippen molar-refractivity contribution in [2.75, 3.05) is 0 Å². The van der Waals surface area contributed by atoms with Gasteiger partial charge in [0.1, 0.15) is 0 Å². The number of aryl methyl sites for hydroxylation is 3. The summed E-state index contributed by atoms with van der Waals surface area (Å²) in [5.41, 5.74) is 3.53. The SMILES string of the molecule is Cc1cc(C)c(S(=O)(=O)NCc2ccccc2Cl)cc1C.